The summed E-state index contributed by atoms with van der Waals surface area (Å²) in [6, 6.07) is 9.82. The van der Waals surface area contributed by atoms with Gasteiger partial charge in [-0.1, -0.05) is 12.1 Å². The van der Waals surface area contributed by atoms with E-state index in [0.717, 1.165) is 29.2 Å². The summed E-state index contributed by atoms with van der Waals surface area (Å²) in [6.45, 7) is 1.90. The maximum absolute atomic E-state index is 11.7. The van der Waals surface area contributed by atoms with Crippen LogP contribution in [-0.2, 0) is 11.2 Å². The molecule has 2 heterocycles. The molecule has 1 aliphatic heterocycles. The first-order valence-corrected chi connectivity index (χ1v) is 7.09. The highest BCUT2D eigenvalue weighted by molar-refractivity contribution is 6.22. The number of rotatable bonds is 2. The van der Waals surface area contributed by atoms with Crippen LogP contribution >= 0.6 is 11.6 Å². The predicted molar refractivity (Wildman–Crippen MR) is 79.3 cm³/mol. The fourth-order valence-electron chi connectivity index (χ4n) is 2.59. The SMILES string of the molecule is Cc1ccc(C(Cl)c2ccc3c(c2)CCC(=O)N3C)o1. The normalized spacial score (nSPS) is 16.1. The molecule has 2 aromatic rings. The molecular weight excluding hydrogens is 274 g/mol. The molecule has 0 saturated carbocycles. The third kappa shape index (κ3) is 2.22. The van der Waals surface area contributed by atoms with Crippen molar-refractivity contribution in [1.82, 2.24) is 0 Å². The van der Waals surface area contributed by atoms with Crippen molar-refractivity contribution in [2.45, 2.75) is 25.1 Å². The fraction of sp³-hybridized carbons (Fsp3) is 0.312. The van der Waals surface area contributed by atoms with E-state index >= 15 is 0 Å². The number of alkyl halides is 1. The van der Waals surface area contributed by atoms with Crippen molar-refractivity contribution in [2.75, 3.05) is 11.9 Å². The topological polar surface area (TPSA) is 33.5 Å². The van der Waals surface area contributed by atoms with Crippen LogP contribution < -0.4 is 4.90 Å². The zero-order valence-corrected chi connectivity index (χ0v) is 12.3. The van der Waals surface area contributed by atoms with Gasteiger partial charge in [0.15, 0.2) is 0 Å². The third-order valence-corrected chi connectivity index (χ3v) is 4.22. The van der Waals surface area contributed by atoms with Crippen molar-refractivity contribution in [3.8, 4) is 0 Å². The minimum Gasteiger partial charge on any atom is -0.464 e. The van der Waals surface area contributed by atoms with Gasteiger partial charge in [0.25, 0.3) is 0 Å². The average Bonchev–Trinajstić information content (AvgIpc) is 2.88. The van der Waals surface area contributed by atoms with Crippen molar-refractivity contribution in [1.29, 1.82) is 0 Å². The Labute approximate surface area is 123 Å². The number of hydrogen-bond acceptors (Lipinski definition) is 2. The molecule has 1 atom stereocenters. The molecule has 0 N–H and O–H groups in total. The number of furan rings is 1. The highest BCUT2D eigenvalue weighted by Crippen LogP contribution is 2.34. The van der Waals surface area contributed by atoms with Crippen LogP contribution in [0.3, 0.4) is 0 Å². The van der Waals surface area contributed by atoms with Crippen LogP contribution in [0, 0.1) is 6.92 Å². The highest BCUT2D eigenvalue weighted by Gasteiger charge is 2.23. The minimum atomic E-state index is -0.295. The molecule has 104 valence electrons. The van der Waals surface area contributed by atoms with Gasteiger partial charge in [-0.15, -0.1) is 11.6 Å². The van der Waals surface area contributed by atoms with E-state index in [-0.39, 0.29) is 11.3 Å². The number of benzene rings is 1. The molecular formula is C16H16ClNO2. The van der Waals surface area contributed by atoms with Gasteiger partial charge in [0.2, 0.25) is 5.91 Å². The molecule has 1 unspecified atom stereocenters. The lowest BCUT2D eigenvalue weighted by Crippen LogP contribution is -2.31. The zero-order chi connectivity index (χ0) is 14.3. The van der Waals surface area contributed by atoms with Gasteiger partial charge < -0.3 is 9.32 Å². The van der Waals surface area contributed by atoms with Crippen molar-refractivity contribution in [3.05, 3.63) is 53.0 Å². The smallest absolute Gasteiger partial charge is 0.227 e. The summed E-state index contributed by atoms with van der Waals surface area (Å²) < 4.78 is 5.59. The average molecular weight is 290 g/mol. The molecule has 4 heteroatoms. The molecule has 1 amide bonds. The van der Waals surface area contributed by atoms with Crippen LogP contribution in [0.2, 0.25) is 0 Å². The maximum Gasteiger partial charge on any atom is 0.227 e. The van der Waals surface area contributed by atoms with Crippen LogP contribution in [0.4, 0.5) is 5.69 Å². The predicted octanol–water partition coefficient (Wildman–Crippen LogP) is 3.83. The molecule has 0 saturated heterocycles. The van der Waals surface area contributed by atoms with E-state index in [2.05, 4.69) is 6.07 Å². The summed E-state index contributed by atoms with van der Waals surface area (Å²) in [6.07, 6.45) is 1.33. The first kappa shape index (κ1) is 13.3. The second-order valence-electron chi connectivity index (χ2n) is 5.15. The maximum atomic E-state index is 11.7. The van der Waals surface area contributed by atoms with Gasteiger partial charge in [0, 0.05) is 19.2 Å². The highest BCUT2D eigenvalue weighted by atomic mass is 35.5. The Bertz CT molecular complexity index is 662. The van der Waals surface area contributed by atoms with E-state index in [9.17, 15) is 4.79 Å². The van der Waals surface area contributed by atoms with Gasteiger partial charge in [-0.05, 0) is 42.7 Å². The summed E-state index contributed by atoms with van der Waals surface area (Å²) in [5, 5.41) is -0.295. The quantitative estimate of drug-likeness (QED) is 0.787. The van der Waals surface area contributed by atoms with Crippen LogP contribution in [0.1, 0.15) is 34.4 Å². The van der Waals surface area contributed by atoms with Gasteiger partial charge in [-0.3, -0.25) is 4.79 Å². The number of nitrogens with zero attached hydrogens (tertiary/aromatic N) is 1. The van der Waals surface area contributed by atoms with Crippen LogP contribution in [-0.4, -0.2) is 13.0 Å². The van der Waals surface area contributed by atoms with E-state index in [1.165, 1.54) is 5.56 Å². The second kappa shape index (κ2) is 4.98. The fourth-order valence-corrected chi connectivity index (χ4v) is 2.84. The Morgan fingerprint density at radius 2 is 2.05 bits per heavy atom. The lowest BCUT2D eigenvalue weighted by atomic mass is 9.97. The number of anilines is 1. The van der Waals surface area contributed by atoms with E-state index in [1.54, 1.807) is 4.90 Å². The van der Waals surface area contributed by atoms with E-state index in [4.69, 9.17) is 16.0 Å². The summed E-state index contributed by atoms with van der Waals surface area (Å²) >= 11 is 6.48. The first-order valence-electron chi connectivity index (χ1n) is 6.66. The molecule has 3 rings (SSSR count). The standard InChI is InChI=1S/C16H16ClNO2/c1-10-3-7-14(20-10)16(17)12-4-6-13-11(9-12)5-8-15(19)18(13)2/h3-4,6-7,9,16H,5,8H2,1-2H3. The number of aryl methyl sites for hydroxylation is 2. The Morgan fingerprint density at radius 3 is 2.75 bits per heavy atom. The van der Waals surface area contributed by atoms with Gasteiger partial charge in [0.1, 0.15) is 16.9 Å². The van der Waals surface area contributed by atoms with Crippen LogP contribution in [0.5, 0.6) is 0 Å². The van der Waals surface area contributed by atoms with Crippen molar-refractivity contribution >= 4 is 23.2 Å². The Morgan fingerprint density at radius 1 is 1.25 bits per heavy atom. The van der Waals surface area contributed by atoms with Gasteiger partial charge in [0.05, 0.1) is 0 Å². The molecule has 0 spiro atoms. The first-order chi connectivity index (χ1) is 9.56. The number of carbonyl (C=O) groups is 1. The van der Waals surface area contributed by atoms with Gasteiger partial charge >= 0.3 is 0 Å². The lowest BCUT2D eigenvalue weighted by Gasteiger charge is -2.26. The molecule has 0 aliphatic carbocycles. The Hall–Kier alpha value is -1.74. The summed E-state index contributed by atoms with van der Waals surface area (Å²) in [5.41, 5.74) is 3.14. The van der Waals surface area contributed by atoms with Crippen LogP contribution in [0.15, 0.2) is 34.7 Å². The number of hydrogen-bond donors (Lipinski definition) is 0. The zero-order valence-electron chi connectivity index (χ0n) is 11.5. The monoisotopic (exact) mass is 289 g/mol. The molecule has 1 aromatic carbocycles. The number of carbonyl (C=O) groups excluding carboxylic acids is 1. The van der Waals surface area contributed by atoms with E-state index in [0.29, 0.717) is 6.42 Å². The summed E-state index contributed by atoms with van der Waals surface area (Å²) in [7, 11) is 1.81. The lowest BCUT2D eigenvalue weighted by molar-refractivity contribution is -0.118. The largest absolute Gasteiger partial charge is 0.464 e. The van der Waals surface area contributed by atoms with Crippen molar-refractivity contribution in [2.24, 2.45) is 0 Å². The van der Waals surface area contributed by atoms with Crippen molar-refractivity contribution in [3.63, 3.8) is 0 Å². The second-order valence-corrected chi connectivity index (χ2v) is 5.59. The molecule has 3 nitrogen and oxygen atoms in total. The van der Waals surface area contributed by atoms with Gasteiger partial charge in [-0.2, -0.15) is 0 Å². The number of halogens is 1. The molecule has 0 bridgehead atoms. The molecule has 0 fully saturated rings. The molecule has 0 radical (unpaired) electrons. The molecule has 1 aliphatic rings. The summed E-state index contributed by atoms with van der Waals surface area (Å²) in [4.78, 5) is 13.4. The third-order valence-electron chi connectivity index (χ3n) is 3.75. The Kier molecular flexibility index (Phi) is 3.30. The minimum absolute atomic E-state index is 0.161. The van der Waals surface area contributed by atoms with Crippen molar-refractivity contribution < 1.29 is 9.21 Å². The molecule has 20 heavy (non-hydrogen) atoms. The van der Waals surface area contributed by atoms with E-state index in [1.807, 2.05) is 38.2 Å². The van der Waals surface area contributed by atoms with E-state index < -0.39 is 0 Å². The number of fused-ring (bicyclic) bond motifs is 1. The Balaban J connectivity index is 1.95. The number of amides is 1. The van der Waals surface area contributed by atoms with Gasteiger partial charge in [-0.25, -0.2) is 0 Å². The van der Waals surface area contributed by atoms with Crippen LogP contribution in [0.25, 0.3) is 0 Å². The molecule has 1 aromatic heterocycles. The summed E-state index contributed by atoms with van der Waals surface area (Å²) in [5.74, 6) is 1.77.